The number of rotatable bonds is 0. The lowest BCUT2D eigenvalue weighted by molar-refractivity contribution is 0.164. The minimum Gasteiger partial charge on any atom is -0.382 e. The van der Waals surface area contributed by atoms with Crippen molar-refractivity contribution in [2.24, 2.45) is 0 Å². The molecule has 192 valence electrons. The average Bonchev–Trinajstić information content (AvgIpc) is 3.21. The Balaban J connectivity index is 1.74. The van der Waals surface area contributed by atoms with Crippen molar-refractivity contribution in [2.45, 2.75) is 37.6 Å². The van der Waals surface area contributed by atoms with Crippen molar-refractivity contribution in [3.05, 3.63) is 115 Å². The molecule has 3 unspecified atom stereocenters. The van der Waals surface area contributed by atoms with Crippen LogP contribution in [0.2, 0.25) is 0 Å². The van der Waals surface area contributed by atoms with Gasteiger partial charge in [-0.1, -0.05) is 43.0 Å². The molecule has 0 spiro atoms. The molecule has 0 heterocycles. The fourth-order valence-corrected chi connectivity index (χ4v) is 6.25. The van der Waals surface area contributed by atoms with E-state index >= 15 is 0 Å². The standard InChI is InChI=1S/C34H26O5/c1-17-18-5-11-32(2,37)12-6-19(18)25-24(17)26-20-7-13-33(3,38)15-9-22(20)30(35)29(26)27-21-8-14-34(4,39)16-10-23(21)31(36)28(25)27/h5-16,37-39H,1H2,2-4H3. The summed E-state index contributed by atoms with van der Waals surface area (Å²) in [5.74, 6) is 0. The molecule has 39 heavy (non-hydrogen) atoms. The lowest BCUT2D eigenvalue weighted by atomic mass is 9.90. The third kappa shape index (κ3) is 3.18. The second-order valence-corrected chi connectivity index (χ2v) is 11.5. The zero-order valence-electron chi connectivity index (χ0n) is 21.8. The summed E-state index contributed by atoms with van der Waals surface area (Å²) in [7, 11) is 0. The molecule has 0 saturated carbocycles. The third-order valence-corrected chi connectivity index (χ3v) is 8.27. The van der Waals surface area contributed by atoms with Crippen LogP contribution in [0.5, 0.6) is 0 Å². The van der Waals surface area contributed by atoms with Gasteiger partial charge < -0.3 is 15.3 Å². The molecule has 4 aliphatic rings. The summed E-state index contributed by atoms with van der Waals surface area (Å²) < 4.78 is 0. The maximum atomic E-state index is 14.2. The van der Waals surface area contributed by atoms with E-state index in [1.807, 2.05) is 12.2 Å². The lowest BCUT2D eigenvalue weighted by Crippen LogP contribution is -2.16. The monoisotopic (exact) mass is 514 g/mol. The quantitative estimate of drug-likeness (QED) is 0.400. The first-order chi connectivity index (χ1) is 18.3. The minimum atomic E-state index is -1.24. The molecule has 5 nitrogen and oxygen atoms in total. The van der Waals surface area contributed by atoms with E-state index in [0.29, 0.717) is 60.5 Å². The molecule has 0 bridgehead atoms. The topological polar surface area (TPSA) is 94.8 Å². The van der Waals surface area contributed by atoms with Crippen LogP contribution < -0.4 is 10.9 Å². The summed E-state index contributed by atoms with van der Waals surface area (Å²) >= 11 is 0. The Kier molecular flexibility index (Phi) is 4.46. The molecule has 0 fully saturated rings. The van der Waals surface area contributed by atoms with E-state index in [-0.39, 0.29) is 10.9 Å². The highest BCUT2D eigenvalue weighted by atomic mass is 16.3. The number of fused-ring (bicyclic) bond motifs is 11. The van der Waals surface area contributed by atoms with Gasteiger partial charge in [0.05, 0.1) is 16.8 Å². The number of allylic oxidation sites excluding steroid dienone is 5. The van der Waals surface area contributed by atoms with Crippen molar-refractivity contribution in [2.75, 3.05) is 0 Å². The van der Waals surface area contributed by atoms with E-state index in [9.17, 15) is 24.9 Å². The minimum absolute atomic E-state index is 0.225. The highest BCUT2D eigenvalue weighted by Gasteiger charge is 2.36. The first-order valence-electron chi connectivity index (χ1n) is 12.9. The van der Waals surface area contributed by atoms with Gasteiger partial charge >= 0.3 is 0 Å². The van der Waals surface area contributed by atoms with Gasteiger partial charge in [0.15, 0.2) is 10.9 Å². The van der Waals surface area contributed by atoms with Crippen LogP contribution in [0.4, 0.5) is 0 Å². The highest BCUT2D eigenvalue weighted by molar-refractivity contribution is 6.28. The first kappa shape index (κ1) is 23.9. The first-order valence-corrected chi connectivity index (χ1v) is 12.9. The van der Waals surface area contributed by atoms with Crippen LogP contribution in [-0.4, -0.2) is 32.1 Å². The molecule has 0 aromatic heterocycles. The molecule has 7 rings (SSSR count). The Morgan fingerprint density at radius 1 is 0.513 bits per heavy atom. The zero-order valence-corrected chi connectivity index (χ0v) is 21.8. The summed E-state index contributed by atoms with van der Waals surface area (Å²) in [5.41, 5.74) is 1.63. The molecule has 0 aliphatic heterocycles. The summed E-state index contributed by atoms with van der Waals surface area (Å²) in [4.78, 5) is 28.3. The third-order valence-electron chi connectivity index (χ3n) is 8.27. The largest absolute Gasteiger partial charge is 0.382 e. The lowest BCUT2D eigenvalue weighted by Gasteiger charge is -2.14. The molecular weight excluding hydrogens is 488 g/mol. The van der Waals surface area contributed by atoms with Gasteiger partial charge in [-0.2, -0.15) is 0 Å². The maximum absolute atomic E-state index is 14.2. The molecule has 3 aromatic carbocycles. The van der Waals surface area contributed by atoms with Gasteiger partial charge in [0.2, 0.25) is 0 Å². The highest BCUT2D eigenvalue weighted by Crippen LogP contribution is 2.52. The molecular formula is C34H26O5. The van der Waals surface area contributed by atoms with E-state index in [4.69, 9.17) is 0 Å². The summed E-state index contributed by atoms with van der Waals surface area (Å²) in [6.45, 7) is 9.36. The maximum Gasteiger partial charge on any atom is 0.194 e. The van der Waals surface area contributed by atoms with Crippen LogP contribution >= 0.6 is 0 Å². The van der Waals surface area contributed by atoms with Crippen LogP contribution in [0.1, 0.15) is 54.2 Å². The number of aliphatic hydroxyl groups is 3. The second kappa shape index (κ2) is 7.27. The van der Waals surface area contributed by atoms with E-state index < -0.39 is 16.8 Å². The number of hydrogen-bond acceptors (Lipinski definition) is 5. The van der Waals surface area contributed by atoms with Crippen molar-refractivity contribution in [3.63, 3.8) is 0 Å². The molecule has 3 N–H and O–H groups in total. The van der Waals surface area contributed by atoms with Crippen molar-refractivity contribution in [1.29, 1.82) is 0 Å². The second-order valence-electron chi connectivity index (χ2n) is 11.5. The molecule has 3 atom stereocenters. The van der Waals surface area contributed by atoms with Gasteiger partial charge in [-0.3, -0.25) is 9.59 Å². The van der Waals surface area contributed by atoms with Crippen LogP contribution in [0.15, 0.2) is 70.3 Å². The Hall–Kier alpha value is -4.16. The normalized spacial score (nSPS) is 28.6. The van der Waals surface area contributed by atoms with Gasteiger partial charge in [0.1, 0.15) is 0 Å². The van der Waals surface area contributed by atoms with Gasteiger partial charge in [0.25, 0.3) is 0 Å². The fourth-order valence-electron chi connectivity index (χ4n) is 6.25. The molecule has 3 aromatic rings. The summed E-state index contributed by atoms with van der Waals surface area (Å²) in [6, 6.07) is 0. The number of benzene rings is 1. The average molecular weight is 515 g/mol. The van der Waals surface area contributed by atoms with Crippen molar-refractivity contribution in [3.8, 4) is 0 Å². The molecule has 5 heteroatoms. The van der Waals surface area contributed by atoms with Gasteiger partial charge in [-0.05, 0) is 90.6 Å². The Labute approximate surface area is 224 Å². The predicted octanol–water partition coefficient (Wildman–Crippen LogP) is 4.83. The van der Waals surface area contributed by atoms with Crippen molar-refractivity contribution < 1.29 is 15.3 Å². The van der Waals surface area contributed by atoms with E-state index in [1.54, 1.807) is 81.5 Å². The van der Waals surface area contributed by atoms with Gasteiger partial charge in [-0.15, -0.1) is 0 Å². The molecule has 0 amide bonds. The molecule has 0 saturated heterocycles. The summed E-state index contributed by atoms with van der Waals surface area (Å²) in [5, 5.41) is 34.2. The van der Waals surface area contributed by atoms with Crippen LogP contribution in [0.25, 0.3) is 57.0 Å². The Morgan fingerprint density at radius 2 is 0.923 bits per heavy atom. The smallest absolute Gasteiger partial charge is 0.194 e. The molecule has 0 radical (unpaired) electrons. The van der Waals surface area contributed by atoms with Crippen LogP contribution in [0.3, 0.4) is 0 Å². The van der Waals surface area contributed by atoms with E-state index in [0.717, 1.165) is 11.1 Å². The summed E-state index contributed by atoms with van der Waals surface area (Å²) in [6.07, 6.45) is 20.3. The zero-order chi connectivity index (χ0) is 27.6. The SMILES string of the molecule is C=C1C2=C(C=CC(C)(O)C=C2)c2c1c1c3c(c(=O)c1c1c4c(c(=O)c21)C=CC(C)(O)C=C4)C=CC(C)(O)C=C3. The fraction of sp³-hybridized carbons (Fsp3) is 0.176. The van der Waals surface area contributed by atoms with Gasteiger partial charge in [-0.25, -0.2) is 0 Å². The Morgan fingerprint density at radius 3 is 1.46 bits per heavy atom. The van der Waals surface area contributed by atoms with Gasteiger partial charge in [0, 0.05) is 38.2 Å². The molecule has 4 aliphatic carbocycles. The van der Waals surface area contributed by atoms with Crippen LogP contribution in [-0.2, 0) is 0 Å². The van der Waals surface area contributed by atoms with Crippen molar-refractivity contribution >= 4 is 57.0 Å². The van der Waals surface area contributed by atoms with E-state index in [2.05, 4.69) is 6.58 Å². The van der Waals surface area contributed by atoms with Crippen LogP contribution in [0, 0.1) is 0 Å². The predicted molar refractivity (Wildman–Crippen MR) is 159 cm³/mol. The van der Waals surface area contributed by atoms with E-state index in [1.165, 1.54) is 0 Å². The van der Waals surface area contributed by atoms with Crippen molar-refractivity contribution in [1.82, 2.24) is 0 Å². The Bertz CT molecular complexity index is 2020. The number of hydrogen-bond donors (Lipinski definition) is 3.